The molecule has 5 aliphatic rings. The molecular weight excluding hydrogens is 640 g/mol. The van der Waals surface area contributed by atoms with Gasteiger partial charge < -0.3 is 68.5 Å². The van der Waals surface area contributed by atoms with Crippen molar-refractivity contribution in [2.24, 2.45) is 11.8 Å². The Hall–Kier alpha value is -3.00. The fourth-order valence-corrected chi connectivity index (χ4v) is 6.91. The number of benzene rings is 1. The molecule has 16 atom stereocenters. The van der Waals surface area contributed by atoms with E-state index in [1.54, 1.807) is 30.3 Å². The van der Waals surface area contributed by atoms with Crippen LogP contribution < -0.4 is 0 Å². The van der Waals surface area contributed by atoms with Crippen LogP contribution in [0.3, 0.4) is 0 Å². The van der Waals surface area contributed by atoms with Gasteiger partial charge in [-0.25, -0.2) is 4.79 Å². The predicted molar refractivity (Wildman–Crippen MR) is 157 cm³/mol. The summed E-state index contributed by atoms with van der Waals surface area (Å²) < 4.78 is 46.5. The Morgan fingerprint density at radius 1 is 0.875 bits per heavy atom. The van der Waals surface area contributed by atoms with Gasteiger partial charge in [0.15, 0.2) is 24.8 Å². The van der Waals surface area contributed by atoms with Crippen LogP contribution in [0.25, 0.3) is 6.08 Å². The molecule has 0 amide bonds. The van der Waals surface area contributed by atoms with Crippen molar-refractivity contribution in [2.45, 2.75) is 99.4 Å². The summed E-state index contributed by atoms with van der Waals surface area (Å²) in [4.78, 5) is 25.1. The van der Waals surface area contributed by atoms with Crippen molar-refractivity contribution in [1.82, 2.24) is 0 Å². The Balaban J connectivity index is 1.21. The van der Waals surface area contributed by atoms with Gasteiger partial charge in [-0.2, -0.15) is 0 Å². The number of esters is 2. The minimum atomic E-state index is -1.71. The van der Waals surface area contributed by atoms with Crippen LogP contribution in [0, 0.1) is 11.8 Å². The van der Waals surface area contributed by atoms with Crippen LogP contribution in [0.5, 0.6) is 0 Å². The molecule has 1 aliphatic carbocycles. The summed E-state index contributed by atoms with van der Waals surface area (Å²) in [7, 11) is 0. The van der Waals surface area contributed by atoms with Crippen LogP contribution >= 0.6 is 0 Å². The number of hydrogen-bond donors (Lipinski definition) is 6. The summed E-state index contributed by atoms with van der Waals surface area (Å²) in [6.07, 6.45) is -11.4. The van der Waals surface area contributed by atoms with E-state index >= 15 is 0 Å². The standard InChI is InChI=1S/C32H40O16/c1-14-21(37)26(45-19(36)9-8-16-6-4-3-5-7-16)27(43-15(2)35)31(42-14)46-25-17-10-11-41-29(20(17)32(13-34)28(25)48-32)47-30-24(40)23(39)22(38)18(12-33)44-30/h3-11,14,17-18,20-31,33-34,37-40H,12-13H2,1-2H3. The topological polar surface area (TPSA) is 233 Å². The van der Waals surface area contributed by atoms with E-state index in [1.165, 1.54) is 25.3 Å². The molecule has 4 aliphatic heterocycles. The number of rotatable bonds is 10. The van der Waals surface area contributed by atoms with Gasteiger partial charge in [0.1, 0.15) is 42.2 Å². The second-order valence-corrected chi connectivity index (χ2v) is 12.4. The summed E-state index contributed by atoms with van der Waals surface area (Å²) >= 11 is 0. The summed E-state index contributed by atoms with van der Waals surface area (Å²) in [6.45, 7) is 1.52. The number of ether oxygens (including phenoxy) is 8. The van der Waals surface area contributed by atoms with Crippen molar-refractivity contribution in [3.05, 3.63) is 54.3 Å². The molecule has 16 nitrogen and oxygen atoms in total. The fraction of sp³-hybridized carbons (Fsp3) is 0.625. The molecule has 1 aromatic rings. The zero-order valence-electron chi connectivity index (χ0n) is 26.0. The second-order valence-electron chi connectivity index (χ2n) is 12.4. The van der Waals surface area contributed by atoms with E-state index in [4.69, 9.17) is 37.9 Å². The summed E-state index contributed by atoms with van der Waals surface area (Å²) in [6, 6.07) is 8.99. The molecule has 264 valence electrons. The number of epoxide rings is 1. The molecule has 0 aromatic heterocycles. The van der Waals surface area contributed by atoms with E-state index in [0.717, 1.165) is 12.5 Å². The average molecular weight is 681 g/mol. The Morgan fingerprint density at radius 3 is 2.31 bits per heavy atom. The van der Waals surface area contributed by atoms with Crippen LogP contribution in [-0.2, 0) is 47.5 Å². The molecule has 0 spiro atoms. The Labute approximate surface area is 275 Å². The molecule has 16 heteroatoms. The number of fused-ring (bicyclic) bond motifs is 3. The maximum atomic E-state index is 12.8. The zero-order valence-corrected chi connectivity index (χ0v) is 26.0. The lowest BCUT2D eigenvalue weighted by Gasteiger charge is -2.44. The second kappa shape index (κ2) is 14.1. The molecule has 6 N–H and O–H groups in total. The van der Waals surface area contributed by atoms with Gasteiger partial charge >= 0.3 is 11.9 Å². The SMILES string of the molecule is CC(=O)OC1C(OC2C3C=COC(OC4OC(CO)C(O)C(O)C4O)C3C3(CO)OC23)OC(C)C(O)C1OC(=O)C=Cc1ccccc1. The maximum Gasteiger partial charge on any atom is 0.331 e. The van der Waals surface area contributed by atoms with Crippen molar-refractivity contribution in [3.8, 4) is 0 Å². The van der Waals surface area contributed by atoms with Gasteiger partial charge in [0.2, 0.25) is 6.29 Å². The highest BCUT2D eigenvalue weighted by atomic mass is 16.8. The molecule has 0 radical (unpaired) electrons. The van der Waals surface area contributed by atoms with E-state index in [2.05, 4.69) is 0 Å². The highest BCUT2D eigenvalue weighted by Crippen LogP contribution is 2.61. The Kier molecular flexibility index (Phi) is 10.2. The lowest BCUT2D eigenvalue weighted by atomic mass is 9.85. The highest BCUT2D eigenvalue weighted by molar-refractivity contribution is 5.87. The summed E-state index contributed by atoms with van der Waals surface area (Å²) in [5.74, 6) is -2.92. The van der Waals surface area contributed by atoms with Crippen LogP contribution in [0.2, 0.25) is 0 Å². The molecule has 4 fully saturated rings. The lowest BCUT2D eigenvalue weighted by molar-refractivity contribution is -0.347. The normalized spacial score (nSPS) is 44.8. The van der Waals surface area contributed by atoms with E-state index < -0.39 is 122 Å². The number of aliphatic hydroxyl groups excluding tert-OH is 6. The van der Waals surface area contributed by atoms with Crippen molar-refractivity contribution in [2.75, 3.05) is 13.2 Å². The first-order chi connectivity index (χ1) is 23.0. The first kappa shape index (κ1) is 34.8. The molecule has 16 unspecified atom stereocenters. The van der Waals surface area contributed by atoms with Gasteiger partial charge in [-0.1, -0.05) is 30.3 Å². The van der Waals surface area contributed by atoms with Crippen LogP contribution in [-0.4, -0.2) is 141 Å². The van der Waals surface area contributed by atoms with Crippen molar-refractivity contribution in [1.29, 1.82) is 0 Å². The van der Waals surface area contributed by atoms with Crippen molar-refractivity contribution >= 4 is 18.0 Å². The van der Waals surface area contributed by atoms with Gasteiger partial charge in [-0.3, -0.25) is 4.79 Å². The van der Waals surface area contributed by atoms with Crippen LogP contribution in [0.1, 0.15) is 19.4 Å². The van der Waals surface area contributed by atoms with Gasteiger partial charge in [-0.05, 0) is 24.6 Å². The van der Waals surface area contributed by atoms with Gasteiger partial charge in [0.05, 0.1) is 37.6 Å². The third kappa shape index (κ3) is 6.50. The minimum absolute atomic E-state index is 0.494. The van der Waals surface area contributed by atoms with Crippen LogP contribution in [0.4, 0.5) is 0 Å². The highest BCUT2D eigenvalue weighted by Gasteiger charge is 2.77. The number of aliphatic hydroxyl groups is 6. The van der Waals surface area contributed by atoms with Gasteiger partial charge in [-0.15, -0.1) is 0 Å². The number of carbonyl (C=O) groups excluding carboxylic acids is 2. The lowest BCUT2D eigenvalue weighted by Crippen LogP contribution is -2.61. The van der Waals surface area contributed by atoms with E-state index in [9.17, 15) is 40.2 Å². The molecule has 0 bridgehead atoms. The molecule has 4 heterocycles. The van der Waals surface area contributed by atoms with Gasteiger partial charge in [0.25, 0.3) is 0 Å². The van der Waals surface area contributed by atoms with E-state index in [1.807, 2.05) is 6.07 Å². The monoisotopic (exact) mass is 680 g/mol. The smallest absolute Gasteiger partial charge is 0.331 e. The quantitative estimate of drug-likeness (QED) is 0.0900. The van der Waals surface area contributed by atoms with Crippen molar-refractivity contribution < 1.29 is 78.1 Å². The molecular formula is C32H40O16. The van der Waals surface area contributed by atoms with E-state index in [0.29, 0.717) is 0 Å². The number of carbonyl (C=O) groups is 2. The minimum Gasteiger partial charge on any atom is -0.472 e. The number of hydrogen-bond acceptors (Lipinski definition) is 16. The molecule has 6 rings (SSSR count). The largest absolute Gasteiger partial charge is 0.472 e. The first-order valence-corrected chi connectivity index (χ1v) is 15.7. The first-order valence-electron chi connectivity index (χ1n) is 15.7. The maximum absolute atomic E-state index is 12.8. The van der Waals surface area contributed by atoms with E-state index in [-0.39, 0.29) is 0 Å². The van der Waals surface area contributed by atoms with Crippen molar-refractivity contribution in [3.63, 3.8) is 0 Å². The molecule has 48 heavy (non-hydrogen) atoms. The fourth-order valence-electron chi connectivity index (χ4n) is 6.91. The summed E-state index contributed by atoms with van der Waals surface area (Å²) in [5.41, 5.74) is -0.511. The Morgan fingerprint density at radius 2 is 1.62 bits per heavy atom. The predicted octanol–water partition coefficient (Wildman–Crippen LogP) is -1.90. The third-order valence-electron chi connectivity index (χ3n) is 9.41. The molecule has 1 aromatic carbocycles. The molecule has 3 saturated heterocycles. The summed E-state index contributed by atoms with van der Waals surface area (Å²) in [5, 5.41) is 62.0. The van der Waals surface area contributed by atoms with Crippen LogP contribution in [0.15, 0.2) is 48.7 Å². The molecule has 1 saturated carbocycles. The third-order valence-corrected chi connectivity index (χ3v) is 9.41. The van der Waals surface area contributed by atoms with Gasteiger partial charge in [0, 0.05) is 18.9 Å². The Bertz CT molecular complexity index is 1350. The average Bonchev–Trinajstić information content (AvgIpc) is 3.75. The zero-order chi connectivity index (χ0) is 34.3.